The summed E-state index contributed by atoms with van der Waals surface area (Å²) in [4.78, 5) is 13.4. The minimum Gasteiger partial charge on any atom is -0.463 e. The number of esters is 1. The molecule has 0 radical (unpaired) electrons. The Labute approximate surface area is 174 Å². The number of hydrogen-bond acceptors (Lipinski definition) is 2. The van der Waals surface area contributed by atoms with Gasteiger partial charge in [0, 0.05) is 6.08 Å². The summed E-state index contributed by atoms with van der Waals surface area (Å²) < 4.78 is 4.96. The maximum Gasteiger partial charge on any atom is 0.330 e. The third-order valence-electron chi connectivity index (χ3n) is 4.60. The molecule has 0 heterocycles. The second-order valence-electron chi connectivity index (χ2n) is 6.93. The zero-order valence-electron chi connectivity index (χ0n) is 16.0. The number of halogens is 2. The molecule has 0 aromatic heterocycles. The molecule has 5 heteroatoms. The molecule has 0 atom stereocenters. The Morgan fingerprint density at radius 1 is 0.760 bits per heavy atom. The maximum absolute atomic E-state index is 10.9. The van der Waals surface area contributed by atoms with Crippen LogP contribution in [0.1, 0.15) is 83.5 Å². The van der Waals surface area contributed by atoms with Gasteiger partial charge >= 0.3 is 5.97 Å². The van der Waals surface area contributed by atoms with Crippen molar-refractivity contribution in [1.29, 1.82) is 0 Å². The molecule has 0 amide bonds. The van der Waals surface area contributed by atoms with Gasteiger partial charge in [-0.3, -0.25) is 0 Å². The lowest BCUT2D eigenvalue weighted by Gasteiger charge is -2.08. The smallest absolute Gasteiger partial charge is 0.330 e. The maximum atomic E-state index is 10.9. The van der Waals surface area contributed by atoms with Crippen LogP contribution in [0, 0.1) is 0 Å². The molecule has 0 aliphatic rings. The van der Waals surface area contributed by atoms with Crippen molar-refractivity contribution < 1.29 is 9.53 Å². The van der Waals surface area contributed by atoms with E-state index in [1.807, 2.05) is 0 Å². The molecule has 0 saturated carbocycles. The summed E-state index contributed by atoms with van der Waals surface area (Å²) in [5.41, 5.74) is 0. The third kappa shape index (κ3) is 19.0. The van der Waals surface area contributed by atoms with E-state index in [2.05, 4.69) is 38.4 Å². The van der Waals surface area contributed by atoms with E-state index in [0.717, 1.165) is 12.8 Å². The summed E-state index contributed by atoms with van der Waals surface area (Å²) in [7, 11) is -0.482. The highest BCUT2D eigenvalue weighted by molar-refractivity contribution is 9.10. The number of ether oxygens (including phenoxy) is 1. The minimum absolute atomic E-state index is 0.302. The quantitative estimate of drug-likeness (QED) is 0.0638. The number of carbonyl (C=O) groups excluding carboxylic acids is 1. The Morgan fingerprint density at radius 3 is 1.56 bits per heavy atom. The number of alkyl halides is 2. The van der Waals surface area contributed by atoms with E-state index < -0.39 is 8.80 Å². The number of rotatable bonds is 19. The zero-order chi connectivity index (χ0) is 18.6. The van der Waals surface area contributed by atoms with Crippen LogP contribution in [-0.2, 0) is 9.53 Å². The topological polar surface area (TPSA) is 26.3 Å². The van der Waals surface area contributed by atoms with Gasteiger partial charge in [0.15, 0.2) is 0 Å². The summed E-state index contributed by atoms with van der Waals surface area (Å²) in [6.45, 7) is 3.93. The molecule has 0 fully saturated rings. The summed E-state index contributed by atoms with van der Waals surface area (Å²) in [5, 5.41) is 0. The molecular weight excluding hydrogens is 460 g/mol. The molecule has 0 saturated heterocycles. The highest BCUT2D eigenvalue weighted by Crippen LogP contribution is 2.14. The molecule has 148 valence electrons. The van der Waals surface area contributed by atoms with Crippen LogP contribution in [0.15, 0.2) is 12.7 Å². The van der Waals surface area contributed by atoms with Gasteiger partial charge in [0.2, 0.25) is 0 Å². The van der Waals surface area contributed by atoms with Gasteiger partial charge in [-0.1, -0.05) is 122 Å². The molecule has 0 aromatic rings. The summed E-state index contributed by atoms with van der Waals surface area (Å²) in [6, 6.07) is 1.49. The van der Waals surface area contributed by atoms with Gasteiger partial charge in [-0.15, -0.1) is 0 Å². The van der Waals surface area contributed by atoms with Crippen LogP contribution < -0.4 is 0 Å². The van der Waals surface area contributed by atoms with Gasteiger partial charge in [0.1, 0.15) is 0 Å². The highest BCUT2D eigenvalue weighted by Gasteiger charge is 2.06. The molecule has 0 rings (SSSR count). The van der Waals surface area contributed by atoms with E-state index in [4.69, 9.17) is 4.74 Å². The van der Waals surface area contributed by atoms with E-state index in [-0.39, 0.29) is 5.97 Å². The Morgan fingerprint density at radius 2 is 1.16 bits per heavy atom. The fraction of sp³-hybridized carbons (Fsp3) is 0.850. The predicted octanol–water partition coefficient (Wildman–Crippen LogP) is 6.88. The van der Waals surface area contributed by atoms with E-state index >= 15 is 0 Å². The third-order valence-corrected chi connectivity index (χ3v) is 12.2. The largest absolute Gasteiger partial charge is 0.463 e. The summed E-state index contributed by atoms with van der Waals surface area (Å²) in [5.74, 6) is -0.302. The first-order valence-electron chi connectivity index (χ1n) is 10.2. The average Bonchev–Trinajstić information content (AvgIpc) is 2.64. The van der Waals surface area contributed by atoms with Crippen molar-refractivity contribution in [3.8, 4) is 0 Å². The van der Waals surface area contributed by atoms with Crippen molar-refractivity contribution >= 4 is 46.6 Å². The standard InChI is InChI=1S/C20H38Br2O2Si/c1-2-20(23)24-16-14-12-10-8-6-4-3-5-7-9-11-13-15-17-25(18-21)19-22/h2,25H,1,3-19H2. The van der Waals surface area contributed by atoms with E-state index in [1.165, 1.54) is 92.7 Å². The van der Waals surface area contributed by atoms with Crippen molar-refractivity contribution in [2.75, 3.05) is 16.5 Å². The van der Waals surface area contributed by atoms with Gasteiger partial charge in [-0.2, -0.15) is 0 Å². The number of hydrogen-bond donors (Lipinski definition) is 0. The molecule has 0 aromatic carbocycles. The van der Waals surface area contributed by atoms with Crippen LogP contribution in [0.25, 0.3) is 0 Å². The molecule has 0 N–H and O–H groups in total. The fourth-order valence-corrected chi connectivity index (χ4v) is 9.32. The normalized spacial score (nSPS) is 11.0. The molecule has 25 heavy (non-hydrogen) atoms. The van der Waals surface area contributed by atoms with Gasteiger partial charge in [0.05, 0.1) is 15.4 Å². The monoisotopic (exact) mass is 496 g/mol. The predicted molar refractivity (Wildman–Crippen MR) is 121 cm³/mol. The second-order valence-corrected chi connectivity index (χ2v) is 13.7. The van der Waals surface area contributed by atoms with Crippen molar-refractivity contribution in [3.63, 3.8) is 0 Å². The molecule has 2 nitrogen and oxygen atoms in total. The second kappa shape index (κ2) is 20.7. The number of carbonyl (C=O) groups is 1. The van der Waals surface area contributed by atoms with Crippen molar-refractivity contribution in [3.05, 3.63) is 12.7 Å². The highest BCUT2D eigenvalue weighted by atomic mass is 79.9. The summed E-state index contributed by atoms with van der Waals surface area (Å²) >= 11 is 7.28. The molecule has 0 spiro atoms. The fourth-order valence-electron chi connectivity index (χ4n) is 2.91. The van der Waals surface area contributed by atoms with Crippen LogP contribution in [-0.4, -0.2) is 31.3 Å². The lowest BCUT2D eigenvalue weighted by Crippen LogP contribution is -2.16. The first kappa shape index (κ1) is 25.4. The lowest BCUT2D eigenvalue weighted by atomic mass is 10.0. The molecule has 0 aliphatic carbocycles. The van der Waals surface area contributed by atoms with E-state index in [0.29, 0.717) is 6.61 Å². The van der Waals surface area contributed by atoms with Crippen LogP contribution in [0.4, 0.5) is 0 Å². The number of unbranched alkanes of at least 4 members (excludes halogenated alkanes) is 12. The molecular formula is C20H38Br2O2Si. The first-order chi connectivity index (χ1) is 12.2. The van der Waals surface area contributed by atoms with Crippen molar-refractivity contribution in [2.24, 2.45) is 0 Å². The SMILES string of the molecule is C=CC(=O)OCCCCCCCCCCCCCCC[SiH](CBr)CBr. The van der Waals surface area contributed by atoms with Gasteiger partial charge in [-0.25, -0.2) is 4.79 Å². The average molecular weight is 498 g/mol. The van der Waals surface area contributed by atoms with Crippen molar-refractivity contribution in [2.45, 2.75) is 89.5 Å². The Hall–Kier alpha value is 0.387. The van der Waals surface area contributed by atoms with Gasteiger partial charge in [-0.05, 0) is 16.3 Å². The molecule has 0 aliphatic heterocycles. The molecule has 0 unspecified atom stereocenters. The van der Waals surface area contributed by atoms with E-state index in [9.17, 15) is 4.79 Å². The summed E-state index contributed by atoms with van der Waals surface area (Å²) in [6.07, 6.45) is 18.7. The lowest BCUT2D eigenvalue weighted by molar-refractivity contribution is -0.137. The van der Waals surface area contributed by atoms with Crippen LogP contribution >= 0.6 is 31.9 Å². The van der Waals surface area contributed by atoms with Crippen molar-refractivity contribution in [1.82, 2.24) is 0 Å². The van der Waals surface area contributed by atoms with E-state index in [1.54, 1.807) is 0 Å². The minimum atomic E-state index is -0.482. The van der Waals surface area contributed by atoms with Gasteiger partial charge in [0.25, 0.3) is 0 Å². The first-order valence-corrected chi connectivity index (χ1v) is 14.8. The Bertz CT molecular complexity index is 310. The zero-order valence-corrected chi connectivity index (χ0v) is 20.3. The van der Waals surface area contributed by atoms with Crippen LogP contribution in [0.5, 0.6) is 0 Å². The Balaban J connectivity index is 3.09. The molecule has 0 bridgehead atoms. The van der Waals surface area contributed by atoms with Crippen LogP contribution in [0.3, 0.4) is 0 Å². The Kier molecular flexibility index (Phi) is 21.0. The van der Waals surface area contributed by atoms with Crippen LogP contribution in [0.2, 0.25) is 6.04 Å². The van der Waals surface area contributed by atoms with Gasteiger partial charge < -0.3 is 4.74 Å².